The van der Waals surface area contributed by atoms with Crippen LogP contribution in [0.4, 0.5) is 0 Å². The Balaban J connectivity index is 1.78. The molecule has 1 aliphatic carbocycles. The van der Waals surface area contributed by atoms with Gasteiger partial charge in [-0.2, -0.15) is 11.8 Å². The second kappa shape index (κ2) is 19.8. The molecular formula is C34H49NO7S. The molecule has 1 unspecified atom stereocenters. The molecule has 0 radical (unpaired) electrons. The Morgan fingerprint density at radius 2 is 1.79 bits per heavy atom. The van der Waals surface area contributed by atoms with E-state index in [4.69, 9.17) is 23.7 Å². The van der Waals surface area contributed by atoms with E-state index in [1.807, 2.05) is 55.6 Å². The number of esters is 1. The molecule has 1 N–H and O–H groups in total. The molecule has 1 fully saturated rings. The van der Waals surface area contributed by atoms with Crippen LogP contribution in [0, 0.1) is 12.8 Å². The smallest absolute Gasteiger partial charge is 0.328 e. The molecule has 0 aromatic heterocycles. The Labute approximate surface area is 261 Å². The highest BCUT2D eigenvalue weighted by molar-refractivity contribution is 7.98. The van der Waals surface area contributed by atoms with Crippen LogP contribution in [0.15, 0.2) is 42.5 Å². The van der Waals surface area contributed by atoms with Crippen LogP contribution in [0.3, 0.4) is 0 Å². The minimum absolute atomic E-state index is 0.0590. The van der Waals surface area contributed by atoms with Crippen LogP contribution in [0.5, 0.6) is 0 Å². The standard InChI is InChI=1S/C34H49NO7S/c1-25-10-8-9-13-29(25)31-21-27(14-15-30(31)33(36)35-32(16-19-43-4)34(37)39-3)22-42-28(20-26-11-6-5-7-12-26)23-41-24-40-18-17-38-2/h8-10,13-15,21,26,28,32H,5-7,11-12,16-20,22-24H2,1-4H3,(H,35,36)/t28-,32?/m0/s1. The molecule has 1 aliphatic rings. The third-order valence-corrected chi connectivity index (χ3v) is 8.52. The zero-order valence-electron chi connectivity index (χ0n) is 26.2. The second-order valence-electron chi connectivity index (χ2n) is 11.1. The summed E-state index contributed by atoms with van der Waals surface area (Å²) in [6.07, 6.45) is 9.68. The lowest BCUT2D eigenvalue weighted by molar-refractivity contribution is -0.142. The van der Waals surface area contributed by atoms with Gasteiger partial charge in [0.2, 0.25) is 0 Å². The summed E-state index contributed by atoms with van der Waals surface area (Å²) in [5.41, 5.74) is 4.29. The Hall–Kier alpha value is -2.43. The van der Waals surface area contributed by atoms with E-state index in [2.05, 4.69) is 5.32 Å². The normalized spacial score (nSPS) is 15.2. The van der Waals surface area contributed by atoms with Crippen molar-refractivity contribution in [2.45, 2.75) is 70.6 Å². The summed E-state index contributed by atoms with van der Waals surface area (Å²) in [4.78, 5) is 26.0. The van der Waals surface area contributed by atoms with E-state index < -0.39 is 12.0 Å². The Kier molecular flexibility index (Phi) is 16.1. The summed E-state index contributed by atoms with van der Waals surface area (Å²) < 4.78 is 27.8. The summed E-state index contributed by atoms with van der Waals surface area (Å²) in [7, 11) is 2.99. The maximum Gasteiger partial charge on any atom is 0.328 e. The molecule has 43 heavy (non-hydrogen) atoms. The molecule has 9 heteroatoms. The van der Waals surface area contributed by atoms with Gasteiger partial charge in [0.05, 0.1) is 39.6 Å². The van der Waals surface area contributed by atoms with E-state index in [1.54, 1.807) is 18.9 Å². The minimum atomic E-state index is -0.711. The Morgan fingerprint density at radius 1 is 1.00 bits per heavy atom. The number of thioether (sulfide) groups is 1. The first-order chi connectivity index (χ1) is 21.0. The molecule has 0 saturated heterocycles. The molecule has 2 aromatic carbocycles. The van der Waals surface area contributed by atoms with Crippen LogP contribution in [0.2, 0.25) is 0 Å². The van der Waals surface area contributed by atoms with E-state index in [-0.39, 0.29) is 18.8 Å². The zero-order valence-corrected chi connectivity index (χ0v) is 27.0. The van der Waals surface area contributed by atoms with Gasteiger partial charge in [-0.05, 0) is 72.1 Å². The van der Waals surface area contributed by atoms with Crippen LogP contribution in [0.1, 0.15) is 66.4 Å². The lowest BCUT2D eigenvalue weighted by Crippen LogP contribution is -2.42. The van der Waals surface area contributed by atoms with Crippen molar-refractivity contribution in [3.63, 3.8) is 0 Å². The van der Waals surface area contributed by atoms with Gasteiger partial charge >= 0.3 is 5.97 Å². The molecule has 238 valence electrons. The predicted molar refractivity (Wildman–Crippen MR) is 171 cm³/mol. The molecule has 0 bridgehead atoms. The maximum absolute atomic E-state index is 13.6. The van der Waals surface area contributed by atoms with Gasteiger partial charge in [-0.25, -0.2) is 4.79 Å². The van der Waals surface area contributed by atoms with Crippen molar-refractivity contribution in [1.29, 1.82) is 0 Å². The quantitative estimate of drug-likeness (QED) is 0.114. The van der Waals surface area contributed by atoms with Crippen LogP contribution >= 0.6 is 11.8 Å². The van der Waals surface area contributed by atoms with Crippen molar-refractivity contribution in [2.24, 2.45) is 5.92 Å². The van der Waals surface area contributed by atoms with E-state index in [0.29, 0.717) is 44.3 Å². The molecule has 0 spiro atoms. The summed E-state index contributed by atoms with van der Waals surface area (Å²) >= 11 is 1.62. The van der Waals surface area contributed by atoms with E-state index in [1.165, 1.54) is 39.2 Å². The van der Waals surface area contributed by atoms with Crippen molar-refractivity contribution in [2.75, 3.05) is 52.8 Å². The number of carbonyl (C=O) groups is 2. The van der Waals surface area contributed by atoms with Gasteiger partial charge < -0.3 is 29.0 Å². The van der Waals surface area contributed by atoms with Crippen molar-refractivity contribution in [3.8, 4) is 11.1 Å². The number of methoxy groups -OCH3 is 2. The van der Waals surface area contributed by atoms with Crippen LogP contribution in [0.25, 0.3) is 11.1 Å². The highest BCUT2D eigenvalue weighted by atomic mass is 32.2. The van der Waals surface area contributed by atoms with E-state index in [0.717, 1.165) is 34.4 Å². The second-order valence-corrected chi connectivity index (χ2v) is 12.1. The first-order valence-corrected chi connectivity index (χ1v) is 16.7. The van der Waals surface area contributed by atoms with Gasteiger partial charge in [0.1, 0.15) is 12.8 Å². The van der Waals surface area contributed by atoms with Crippen molar-refractivity contribution < 1.29 is 33.3 Å². The third-order valence-electron chi connectivity index (χ3n) is 7.87. The van der Waals surface area contributed by atoms with Crippen LogP contribution in [-0.2, 0) is 35.1 Å². The lowest BCUT2D eigenvalue weighted by Gasteiger charge is -2.27. The van der Waals surface area contributed by atoms with Gasteiger partial charge in [-0.15, -0.1) is 0 Å². The third kappa shape index (κ3) is 11.9. The molecule has 0 aliphatic heterocycles. The topological polar surface area (TPSA) is 92.3 Å². The molecule has 2 aromatic rings. The van der Waals surface area contributed by atoms with Gasteiger partial charge in [0.25, 0.3) is 5.91 Å². The number of ether oxygens (including phenoxy) is 5. The number of aryl methyl sites for hydroxylation is 1. The number of hydrogen-bond acceptors (Lipinski definition) is 8. The van der Waals surface area contributed by atoms with Crippen LogP contribution in [-0.4, -0.2) is 76.9 Å². The summed E-state index contributed by atoms with van der Waals surface area (Å²) in [5.74, 6) is 0.616. The zero-order chi connectivity index (χ0) is 30.9. The van der Waals surface area contributed by atoms with Gasteiger partial charge in [-0.3, -0.25) is 4.79 Å². The summed E-state index contributed by atoms with van der Waals surface area (Å²) in [6, 6.07) is 13.1. The molecule has 0 heterocycles. The summed E-state index contributed by atoms with van der Waals surface area (Å²) in [5, 5.41) is 2.91. The van der Waals surface area contributed by atoms with Crippen molar-refractivity contribution in [1.82, 2.24) is 5.32 Å². The first kappa shape index (κ1) is 35.1. The molecule has 2 atom stereocenters. The Bertz CT molecular complexity index is 1120. The molecule has 1 saturated carbocycles. The van der Waals surface area contributed by atoms with Gasteiger partial charge in [-0.1, -0.05) is 62.4 Å². The van der Waals surface area contributed by atoms with Crippen LogP contribution < -0.4 is 5.32 Å². The highest BCUT2D eigenvalue weighted by Crippen LogP contribution is 2.31. The first-order valence-electron chi connectivity index (χ1n) is 15.3. The molecular weight excluding hydrogens is 566 g/mol. The number of rotatable bonds is 19. The number of amides is 1. The van der Waals surface area contributed by atoms with Crippen molar-refractivity contribution >= 4 is 23.6 Å². The minimum Gasteiger partial charge on any atom is -0.467 e. The van der Waals surface area contributed by atoms with Gasteiger partial charge in [0, 0.05) is 12.7 Å². The average molecular weight is 616 g/mol. The number of benzene rings is 2. The lowest BCUT2D eigenvalue weighted by atomic mass is 9.85. The molecule has 8 nitrogen and oxygen atoms in total. The SMILES string of the molecule is COCCOCOC[C@H](CC1CCCCC1)OCc1ccc(C(=O)NC(CCSC)C(=O)OC)c(-c2ccccc2C)c1. The summed E-state index contributed by atoms with van der Waals surface area (Å²) in [6.45, 7) is 4.11. The molecule has 3 rings (SSSR count). The van der Waals surface area contributed by atoms with Gasteiger partial charge in [0.15, 0.2) is 0 Å². The fourth-order valence-electron chi connectivity index (χ4n) is 5.47. The number of carbonyl (C=O) groups excluding carboxylic acids is 2. The maximum atomic E-state index is 13.6. The fraction of sp³-hybridized carbons (Fsp3) is 0.588. The monoisotopic (exact) mass is 615 g/mol. The Morgan fingerprint density at radius 3 is 2.51 bits per heavy atom. The van der Waals surface area contributed by atoms with E-state index in [9.17, 15) is 9.59 Å². The fourth-order valence-corrected chi connectivity index (χ4v) is 5.94. The average Bonchev–Trinajstić information content (AvgIpc) is 3.03. The largest absolute Gasteiger partial charge is 0.467 e. The highest BCUT2D eigenvalue weighted by Gasteiger charge is 2.24. The predicted octanol–water partition coefficient (Wildman–Crippen LogP) is 6.18. The molecule has 1 amide bonds. The van der Waals surface area contributed by atoms with Crippen molar-refractivity contribution in [3.05, 3.63) is 59.2 Å². The van der Waals surface area contributed by atoms with E-state index >= 15 is 0 Å². The number of nitrogens with one attached hydrogen (secondary N) is 1. The number of hydrogen-bond donors (Lipinski definition) is 1.